The van der Waals surface area contributed by atoms with Gasteiger partial charge in [0.25, 0.3) is 0 Å². The molecule has 4 heteroatoms. The number of nitrogens with zero attached hydrogens (tertiary/aromatic N) is 1. The topological polar surface area (TPSA) is 52.9 Å². The van der Waals surface area contributed by atoms with Crippen LogP contribution in [0.4, 0.5) is 0 Å². The zero-order chi connectivity index (χ0) is 13.5. The van der Waals surface area contributed by atoms with Gasteiger partial charge in [0.1, 0.15) is 0 Å². The van der Waals surface area contributed by atoms with Gasteiger partial charge in [0.2, 0.25) is 5.91 Å². The van der Waals surface area contributed by atoms with Crippen molar-refractivity contribution in [2.75, 3.05) is 0 Å². The average molecular weight is 265 g/mol. The number of nitrogens with one attached hydrogen (secondary N) is 1. The molecule has 2 atom stereocenters. The van der Waals surface area contributed by atoms with Crippen LogP contribution in [0.25, 0.3) is 0 Å². The van der Waals surface area contributed by atoms with Crippen LogP contribution in [0.15, 0.2) is 24.3 Å². The van der Waals surface area contributed by atoms with Gasteiger partial charge >= 0.3 is 0 Å². The van der Waals surface area contributed by atoms with Gasteiger partial charge in [-0.2, -0.15) is 5.26 Å². The summed E-state index contributed by atoms with van der Waals surface area (Å²) < 4.78 is 0. The Morgan fingerprint density at radius 2 is 2.28 bits per heavy atom. The van der Waals surface area contributed by atoms with E-state index in [0.29, 0.717) is 5.02 Å². The third kappa shape index (κ3) is 4.38. The maximum absolute atomic E-state index is 11.7. The molecule has 2 unspecified atom stereocenters. The minimum Gasteiger partial charge on any atom is -0.354 e. The molecule has 0 aromatic heterocycles. The van der Waals surface area contributed by atoms with Crippen LogP contribution in [-0.4, -0.2) is 11.9 Å². The number of halogens is 1. The Balaban J connectivity index is 2.69. The number of carbonyl (C=O) groups excluding carboxylic acids is 1. The van der Waals surface area contributed by atoms with E-state index in [2.05, 4.69) is 11.4 Å². The van der Waals surface area contributed by atoms with Gasteiger partial charge in [0.15, 0.2) is 0 Å². The van der Waals surface area contributed by atoms with Gasteiger partial charge in [-0.05, 0) is 31.0 Å². The fourth-order valence-corrected chi connectivity index (χ4v) is 1.78. The molecule has 96 valence electrons. The van der Waals surface area contributed by atoms with Crippen molar-refractivity contribution in [3.05, 3.63) is 34.9 Å². The summed E-state index contributed by atoms with van der Waals surface area (Å²) in [5, 5.41) is 12.6. The highest BCUT2D eigenvalue weighted by atomic mass is 35.5. The number of benzene rings is 1. The Labute approximate surface area is 113 Å². The monoisotopic (exact) mass is 264 g/mol. The molecule has 1 aromatic carbocycles. The van der Waals surface area contributed by atoms with Crippen LogP contribution in [0.3, 0.4) is 0 Å². The molecule has 0 radical (unpaired) electrons. The zero-order valence-electron chi connectivity index (χ0n) is 10.6. The van der Waals surface area contributed by atoms with Crippen LogP contribution in [0.2, 0.25) is 5.02 Å². The minimum absolute atomic E-state index is 0.101. The maximum Gasteiger partial charge on any atom is 0.221 e. The van der Waals surface area contributed by atoms with Crippen molar-refractivity contribution in [3.8, 4) is 6.07 Å². The van der Waals surface area contributed by atoms with Crippen molar-refractivity contribution < 1.29 is 4.79 Å². The molecule has 0 bridgehead atoms. The van der Waals surface area contributed by atoms with E-state index in [1.54, 1.807) is 18.2 Å². The zero-order valence-corrected chi connectivity index (χ0v) is 11.4. The Bertz CT molecular complexity index is 453. The van der Waals surface area contributed by atoms with Gasteiger partial charge in [-0.25, -0.2) is 0 Å². The fourth-order valence-electron chi connectivity index (χ4n) is 1.58. The molecule has 0 saturated heterocycles. The number of nitriles is 1. The third-order valence-electron chi connectivity index (χ3n) is 2.82. The number of amides is 1. The summed E-state index contributed by atoms with van der Waals surface area (Å²) in [5.41, 5.74) is 0.782. The molecule has 0 saturated carbocycles. The average Bonchev–Trinajstić information content (AvgIpc) is 2.35. The van der Waals surface area contributed by atoms with Crippen molar-refractivity contribution in [1.82, 2.24) is 5.32 Å². The van der Waals surface area contributed by atoms with Crippen LogP contribution in [-0.2, 0) is 4.79 Å². The van der Waals surface area contributed by atoms with E-state index in [1.165, 1.54) is 0 Å². The summed E-state index contributed by atoms with van der Waals surface area (Å²) in [7, 11) is 0. The van der Waals surface area contributed by atoms with Crippen LogP contribution >= 0.6 is 11.6 Å². The third-order valence-corrected chi connectivity index (χ3v) is 3.05. The lowest BCUT2D eigenvalue weighted by atomic mass is 9.97. The van der Waals surface area contributed by atoms with Gasteiger partial charge in [-0.15, -0.1) is 0 Å². The van der Waals surface area contributed by atoms with E-state index in [-0.39, 0.29) is 18.4 Å². The lowest BCUT2D eigenvalue weighted by molar-refractivity contribution is -0.121. The van der Waals surface area contributed by atoms with E-state index in [9.17, 15) is 4.79 Å². The van der Waals surface area contributed by atoms with E-state index in [4.69, 9.17) is 16.9 Å². The first-order valence-corrected chi connectivity index (χ1v) is 6.39. The Morgan fingerprint density at radius 1 is 1.56 bits per heavy atom. The molecule has 1 rings (SSSR count). The first-order chi connectivity index (χ1) is 8.56. The molecule has 0 fully saturated rings. The summed E-state index contributed by atoms with van der Waals surface area (Å²) in [5.74, 6) is -0.552. The number of carbonyl (C=O) groups is 1. The molecular formula is C14H17ClN2O. The molecule has 0 spiro atoms. The molecular weight excluding hydrogens is 248 g/mol. The number of hydrogen-bond donors (Lipinski definition) is 1. The molecule has 1 amide bonds. The molecule has 1 aromatic rings. The predicted octanol–water partition coefficient (Wildman–Crippen LogP) is 3.25. The SMILES string of the molecule is CCC(C)NC(=O)CC(C#N)c1cccc(Cl)c1. The molecule has 3 nitrogen and oxygen atoms in total. The number of hydrogen-bond acceptors (Lipinski definition) is 2. The minimum atomic E-state index is -0.451. The van der Waals surface area contributed by atoms with Gasteiger partial charge < -0.3 is 5.32 Å². The summed E-state index contributed by atoms with van der Waals surface area (Å²) in [4.78, 5) is 11.7. The number of rotatable bonds is 5. The van der Waals surface area contributed by atoms with Crippen molar-refractivity contribution >= 4 is 17.5 Å². The highest BCUT2D eigenvalue weighted by Crippen LogP contribution is 2.22. The second-order valence-corrected chi connectivity index (χ2v) is 4.75. The summed E-state index contributed by atoms with van der Waals surface area (Å²) >= 11 is 5.88. The van der Waals surface area contributed by atoms with Crippen molar-refractivity contribution in [2.45, 2.75) is 38.6 Å². The smallest absolute Gasteiger partial charge is 0.221 e. The second-order valence-electron chi connectivity index (χ2n) is 4.32. The fraction of sp³-hybridized carbons (Fsp3) is 0.429. The van der Waals surface area contributed by atoms with E-state index >= 15 is 0 Å². The van der Waals surface area contributed by atoms with Crippen LogP contribution < -0.4 is 5.32 Å². The normalized spacial score (nSPS) is 13.4. The standard InChI is InChI=1S/C14H17ClN2O/c1-3-10(2)17-14(18)8-12(9-16)11-5-4-6-13(15)7-11/h4-7,10,12H,3,8H2,1-2H3,(H,17,18). The highest BCUT2D eigenvalue weighted by Gasteiger charge is 2.16. The molecule has 1 N–H and O–H groups in total. The van der Waals surface area contributed by atoms with Crippen LogP contribution in [0.5, 0.6) is 0 Å². The summed E-state index contributed by atoms with van der Waals surface area (Å²) in [6.45, 7) is 3.95. The van der Waals surface area contributed by atoms with Gasteiger partial charge in [0.05, 0.1) is 12.0 Å². The Morgan fingerprint density at radius 3 is 2.83 bits per heavy atom. The van der Waals surface area contributed by atoms with Crippen molar-refractivity contribution in [2.24, 2.45) is 0 Å². The van der Waals surface area contributed by atoms with Crippen LogP contribution in [0, 0.1) is 11.3 Å². The Hall–Kier alpha value is -1.53. The van der Waals surface area contributed by atoms with Gasteiger partial charge in [0, 0.05) is 17.5 Å². The van der Waals surface area contributed by atoms with Crippen molar-refractivity contribution in [3.63, 3.8) is 0 Å². The lowest BCUT2D eigenvalue weighted by Gasteiger charge is -2.14. The van der Waals surface area contributed by atoms with Crippen molar-refractivity contribution in [1.29, 1.82) is 5.26 Å². The van der Waals surface area contributed by atoms with Gasteiger partial charge in [-0.3, -0.25) is 4.79 Å². The first kappa shape index (κ1) is 14.5. The molecule has 18 heavy (non-hydrogen) atoms. The predicted molar refractivity (Wildman–Crippen MR) is 72.3 cm³/mol. The molecule has 0 aliphatic rings. The first-order valence-electron chi connectivity index (χ1n) is 6.01. The quantitative estimate of drug-likeness (QED) is 0.888. The second kappa shape index (κ2) is 7.03. The van der Waals surface area contributed by atoms with Crippen LogP contribution in [0.1, 0.15) is 38.2 Å². The van der Waals surface area contributed by atoms with E-state index in [1.807, 2.05) is 19.9 Å². The maximum atomic E-state index is 11.7. The molecule has 0 aliphatic heterocycles. The molecule has 0 aliphatic carbocycles. The van der Waals surface area contributed by atoms with Gasteiger partial charge in [-0.1, -0.05) is 30.7 Å². The summed E-state index contributed by atoms with van der Waals surface area (Å²) in [6, 6.07) is 9.36. The van der Waals surface area contributed by atoms with E-state index in [0.717, 1.165) is 12.0 Å². The Kier molecular flexibility index (Phi) is 5.67. The largest absolute Gasteiger partial charge is 0.354 e. The lowest BCUT2D eigenvalue weighted by Crippen LogP contribution is -2.32. The van der Waals surface area contributed by atoms with E-state index < -0.39 is 5.92 Å². The highest BCUT2D eigenvalue weighted by molar-refractivity contribution is 6.30. The molecule has 0 heterocycles. The summed E-state index contributed by atoms with van der Waals surface area (Å²) in [6.07, 6.45) is 1.04.